The van der Waals surface area contributed by atoms with Gasteiger partial charge in [-0.05, 0) is 31.6 Å². The molecule has 0 aromatic rings. The Hall–Kier alpha value is -0.0900. The van der Waals surface area contributed by atoms with Crippen LogP contribution in [0, 0.1) is 5.41 Å². The maximum Gasteiger partial charge on any atom is 0.151 e. The van der Waals surface area contributed by atoms with Crippen LogP contribution in [-0.4, -0.2) is 32.5 Å². The predicted molar refractivity (Wildman–Crippen MR) is 63.8 cm³/mol. The normalized spacial score (nSPS) is 21.3. The van der Waals surface area contributed by atoms with Crippen molar-refractivity contribution >= 4 is 9.84 Å². The summed E-state index contributed by atoms with van der Waals surface area (Å²) in [6.07, 6.45) is 3.79. The summed E-state index contributed by atoms with van der Waals surface area (Å²) in [6.45, 7) is 6.85. The summed E-state index contributed by atoms with van der Waals surface area (Å²) in [5.41, 5.74) is 0.490. The molecule has 90 valence electrons. The SMILES string of the molecule is CCC1(CNC(C)CS(=O)(=O)CC)CC1. The predicted octanol–water partition coefficient (Wildman–Crippen LogP) is 1.59. The van der Waals surface area contributed by atoms with E-state index >= 15 is 0 Å². The Kier molecular flexibility index (Phi) is 4.18. The zero-order valence-corrected chi connectivity index (χ0v) is 10.9. The van der Waals surface area contributed by atoms with E-state index in [4.69, 9.17) is 0 Å². The van der Waals surface area contributed by atoms with Gasteiger partial charge in [-0.25, -0.2) is 8.42 Å². The fourth-order valence-corrected chi connectivity index (χ4v) is 2.90. The second-order valence-electron chi connectivity index (χ2n) is 4.83. The lowest BCUT2D eigenvalue weighted by Gasteiger charge is -2.18. The first kappa shape index (κ1) is 13.0. The number of hydrogen-bond acceptors (Lipinski definition) is 3. The lowest BCUT2D eigenvalue weighted by Crippen LogP contribution is -2.37. The lowest BCUT2D eigenvalue weighted by molar-refractivity contribution is 0.420. The van der Waals surface area contributed by atoms with E-state index in [2.05, 4.69) is 12.2 Å². The molecular weight excluding hydrogens is 210 g/mol. The summed E-state index contributed by atoms with van der Waals surface area (Å²) in [5, 5.41) is 3.35. The molecule has 1 fully saturated rings. The van der Waals surface area contributed by atoms with Gasteiger partial charge in [-0.15, -0.1) is 0 Å². The fraction of sp³-hybridized carbons (Fsp3) is 1.00. The van der Waals surface area contributed by atoms with Crippen molar-refractivity contribution in [1.29, 1.82) is 0 Å². The molecule has 0 bridgehead atoms. The Morgan fingerprint density at radius 1 is 1.33 bits per heavy atom. The van der Waals surface area contributed by atoms with Gasteiger partial charge in [0, 0.05) is 18.3 Å². The highest BCUT2D eigenvalue weighted by molar-refractivity contribution is 7.91. The van der Waals surface area contributed by atoms with Crippen molar-refractivity contribution in [2.75, 3.05) is 18.1 Å². The third kappa shape index (κ3) is 4.11. The average molecular weight is 233 g/mol. The summed E-state index contributed by atoms with van der Waals surface area (Å²) < 4.78 is 22.8. The summed E-state index contributed by atoms with van der Waals surface area (Å²) in [4.78, 5) is 0. The smallest absolute Gasteiger partial charge is 0.151 e. The van der Waals surface area contributed by atoms with Crippen molar-refractivity contribution in [3.63, 3.8) is 0 Å². The second-order valence-corrected chi connectivity index (χ2v) is 7.23. The maximum absolute atomic E-state index is 11.4. The minimum atomic E-state index is -2.84. The van der Waals surface area contributed by atoms with Crippen LogP contribution in [-0.2, 0) is 9.84 Å². The molecule has 15 heavy (non-hydrogen) atoms. The van der Waals surface area contributed by atoms with Crippen LogP contribution in [0.1, 0.15) is 40.0 Å². The van der Waals surface area contributed by atoms with Crippen molar-refractivity contribution in [2.24, 2.45) is 5.41 Å². The Morgan fingerprint density at radius 2 is 1.93 bits per heavy atom. The summed E-state index contributed by atoms with van der Waals surface area (Å²) in [6, 6.07) is 0.0824. The lowest BCUT2D eigenvalue weighted by atomic mass is 10.0. The van der Waals surface area contributed by atoms with Crippen LogP contribution >= 0.6 is 0 Å². The van der Waals surface area contributed by atoms with Crippen LogP contribution < -0.4 is 5.32 Å². The van der Waals surface area contributed by atoms with Crippen LogP contribution in [0.3, 0.4) is 0 Å². The third-order valence-electron chi connectivity index (χ3n) is 3.48. The Morgan fingerprint density at radius 3 is 2.33 bits per heavy atom. The molecule has 4 heteroatoms. The van der Waals surface area contributed by atoms with Crippen LogP contribution in [0.2, 0.25) is 0 Å². The molecule has 0 aromatic carbocycles. The Labute approximate surface area is 93.6 Å². The van der Waals surface area contributed by atoms with Crippen LogP contribution in [0.5, 0.6) is 0 Å². The third-order valence-corrected chi connectivity index (χ3v) is 5.36. The van der Waals surface area contributed by atoms with Gasteiger partial charge in [0.2, 0.25) is 0 Å². The fourth-order valence-electron chi connectivity index (χ4n) is 1.78. The summed E-state index contributed by atoms with van der Waals surface area (Å²) in [7, 11) is -2.84. The molecule has 0 heterocycles. The van der Waals surface area contributed by atoms with Gasteiger partial charge >= 0.3 is 0 Å². The minimum absolute atomic E-state index is 0.0824. The number of rotatable bonds is 7. The van der Waals surface area contributed by atoms with E-state index < -0.39 is 9.84 Å². The van der Waals surface area contributed by atoms with Crippen LogP contribution in [0.4, 0.5) is 0 Å². The minimum Gasteiger partial charge on any atom is -0.313 e. The molecule has 0 aliphatic heterocycles. The van der Waals surface area contributed by atoms with E-state index in [1.165, 1.54) is 19.3 Å². The molecule has 1 aliphatic carbocycles. The molecule has 3 nitrogen and oxygen atoms in total. The van der Waals surface area contributed by atoms with Gasteiger partial charge in [0.1, 0.15) is 0 Å². The van der Waals surface area contributed by atoms with E-state index in [0.717, 1.165) is 6.54 Å². The number of hydrogen-bond donors (Lipinski definition) is 1. The number of nitrogens with one attached hydrogen (secondary N) is 1. The molecule has 1 aliphatic rings. The quantitative estimate of drug-likeness (QED) is 0.726. The van der Waals surface area contributed by atoms with E-state index in [-0.39, 0.29) is 17.5 Å². The zero-order valence-electron chi connectivity index (χ0n) is 10.0. The molecule has 0 amide bonds. The molecular formula is C11H23NO2S. The highest BCUT2D eigenvalue weighted by Gasteiger charge is 2.40. The van der Waals surface area contributed by atoms with Crippen molar-refractivity contribution in [3.05, 3.63) is 0 Å². The van der Waals surface area contributed by atoms with Crippen molar-refractivity contribution in [2.45, 2.75) is 46.1 Å². The van der Waals surface area contributed by atoms with Crippen molar-refractivity contribution < 1.29 is 8.42 Å². The molecule has 1 saturated carbocycles. The summed E-state index contributed by atoms with van der Waals surface area (Å²) in [5.74, 6) is 0.515. The first-order chi connectivity index (χ1) is 6.93. The van der Waals surface area contributed by atoms with Crippen molar-refractivity contribution in [3.8, 4) is 0 Å². The molecule has 1 atom stereocenters. The number of sulfone groups is 1. The van der Waals surface area contributed by atoms with Crippen LogP contribution in [0.15, 0.2) is 0 Å². The second kappa shape index (κ2) is 4.83. The largest absolute Gasteiger partial charge is 0.313 e. The molecule has 0 radical (unpaired) electrons. The van der Waals surface area contributed by atoms with E-state index in [9.17, 15) is 8.42 Å². The maximum atomic E-state index is 11.4. The first-order valence-corrected chi connectivity index (χ1v) is 7.69. The highest BCUT2D eigenvalue weighted by atomic mass is 32.2. The van der Waals surface area contributed by atoms with Gasteiger partial charge in [-0.2, -0.15) is 0 Å². The van der Waals surface area contributed by atoms with Gasteiger partial charge in [-0.3, -0.25) is 0 Å². The van der Waals surface area contributed by atoms with Gasteiger partial charge in [0.05, 0.1) is 5.75 Å². The van der Waals surface area contributed by atoms with Gasteiger partial charge in [0.15, 0.2) is 9.84 Å². The Bertz CT molecular complexity index is 294. The van der Waals surface area contributed by atoms with E-state index in [0.29, 0.717) is 5.41 Å². The zero-order chi connectivity index (χ0) is 11.5. The average Bonchev–Trinajstić information content (AvgIpc) is 2.95. The standard InChI is InChI=1S/C11H23NO2S/c1-4-11(6-7-11)9-12-10(3)8-15(13,14)5-2/h10,12H,4-9H2,1-3H3. The molecule has 1 rings (SSSR count). The molecule has 0 spiro atoms. The van der Waals surface area contributed by atoms with E-state index in [1.807, 2.05) is 6.92 Å². The molecule has 1 unspecified atom stereocenters. The molecule has 0 aromatic heterocycles. The molecule has 0 saturated heterocycles. The summed E-state index contributed by atoms with van der Waals surface area (Å²) >= 11 is 0. The van der Waals surface area contributed by atoms with Crippen LogP contribution in [0.25, 0.3) is 0 Å². The van der Waals surface area contributed by atoms with Gasteiger partial charge < -0.3 is 5.32 Å². The first-order valence-electron chi connectivity index (χ1n) is 5.87. The van der Waals surface area contributed by atoms with Crippen molar-refractivity contribution in [1.82, 2.24) is 5.32 Å². The molecule has 1 N–H and O–H groups in total. The topological polar surface area (TPSA) is 46.2 Å². The van der Waals surface area contributed by atoms with Gasteiger partial charge in [0.25, 0.3) is 0 Å². The highest BCUT2D eigenvalue weighted by Crippen LogP contribution is 2.47. The van der Waals surface area contributed by atoms with E-state index in [1.54, 1.807) is 6.92 Å². The van der Waals surface area contributed by atoms with Gasteiger partial charge in [-0.1, -0.05) is 13.8 Å². The monoisotopic (exact) mass is 233 g/mol. The Balaban J connectivity index is 2.28.